The number of halogens is 1. The van der Waals surface area contributed by atoms with Crippen LogP contribution in [0.1, 0.15) is 124 Å². The van der Waals surface area contributed by atoms with E-state index in [9.17, 15) is 34.7 Å². The van der Waals surface area contributed by atoms with Crippen LogP contribution in [0.4, 0.5) is 4.39 Å². The van der Waals surface area contributed by atoms with Crippen molar-refractivity contribution in [3.8, 4) is 0 Å². The van der Waals surface area contributed by atoms with Crippen LogP contribution in [0.3, 0.4) is 0 Å². The first kappa shape index (κ1) is 61.4. The van der Waals surface area contributed by atoms with E-state index >= 15 is 0 Å². The number of oxime groups is 1. The van der Waals surface area contributed by atoms with Crippen LogP contribution in [-0.2, 0) is 44.4 Å². The molecule has 22 heteroatoms. The lowest BCUT2D eigenvalue weighted by Gasteiger charge is -2.49. The summed E-state index contributed by atoms with van der Waals surface area (Å²) in [5, 5.41) is 80.5. The molecule has 8 N–H and O–H groups in total. The fraction of sp³-hybridized carbons (Fsp3) is 0.808. The van der Waals surface area contributed by atoms with Gasteiger partial charge in [0.05, 0.1) is 47.2 Å². The van der Waals surface area contributed by atoms with Crippen molar-refractivity contribution in [2.45, 2.75) is 204 Å². The number of aromatic nitrogens is 3. The van der Waals surface area contributed by atoms with Crippen molar-refractivity contribution in [1.82, 2.24) is 24.8 Å². The van der Waals surface area contributed by atoms with Crippen LogP contribution in [0.5, 0.6) is 0 Å². The van der Waals surface area contributed by atoms with Crippen LogP contribution >= 0.6 is 0 Å². The number of esters is 1. The van der Waals surface area contributed by atoms with E-state index < -0.39 is 127 Å². The maximum absolute atomic E-state index is 14.8. The van der Waals surface area contributed by atoms with Gasteiger partial charge in [-0.3, -0.25) is 4.79 Å². The monoisotopic (exact) mass is 1050 g/mol. The van der Waals surface area contributed by atoms with Crippen LogP contribution in [0.15, 0.2) is 35.6 Å². The molecule has 5 rings (SSSR count). The number of nitrogens with zero attached hydrogens (tertiary/aromatic N) is 6. The number of aliphatic hydroxyl groups excluding tert-OH is 3. The highest BCUT2D eigenvalue weighted by Crippen LogP contribution is 2.41. The van der Waals surface area contributed by atoms with Crippen molar-refractivity contribution in [2.75, 3.05) is 48.1 Å². The molecule has 4 heterocycles. The molecular weight excluding hydrogens is 966 g/mol. The molecule has 0 aliphatic carbocycles. The lowest BCUT2D eigenvalue weighted by molar-refractivity contribution is -0.318. The molecule has 3 saturated heterocycles. The number of carbonyl (C=O) groups excluding carboxylic acids is 1. The number of hydrogen-bond donors (Lipinski definition) is 7. The first-order valence-corrected chi connectivity index (χ1v) is 26.0. The minimum absolute atomic E-state index is 0.0637. The van der Waals surface area contributed by atoms with Gasteiger partial charge in [0.1, 0.15) is 48.8 Å². The number of rotatable bonds is 16. The molecule has 0 spiro atoms. The maximum atomic E-state index is 14.8. The summed E-state index contributed by atoms with van der Waals surface area (Å²) >= 11 is 0. The molecule has 0 amide bonds. The van der Waals surface area contributed by atoms with Gasteiger partial charge < -0.3 is 79.4 Å². The number of ether oxygens (including phenoxy) is 7. The highest BCUT2D eigenvalue weighted by atomic mass is 19.1. The summed E-state index contributed by atoms with van der Waals surface area (Å²) < 4.78 is 60.2. The van der Waals surface area contributed by atoms with E-state index in [0.717, 1.165) is 0 Å². The van der Waals surface area contributed by atoms with Gasteiger partial charge in [-0.1, -0.05) is 55.4 Å². The first-order chi connectivity index (χ1) is 34.7. The Balaban J connectivity index is 1.44. The molecule has 3 aliphatic rings. The summed E-state index contributed by atoms with van der Waals surface area (Å²) in [6.07, 6.45) is -8.32. The third-order valence-electron chi connectivity index (χ3n) is 16.1. The van der Waals surface area contributed by atoms with E-state index in [1.165, 1.54) is 25.8 Å². The van der Waals surface area contributed by atoms with Gasteiger partial charge in [0.2, 0.25) is 0 Å². The maximum Gasteiger partial charge on any atom is 0.311 e. The largest absolute Gasteiger partial charge is 0.459 e. The van der Waals surface area contributed by atoms with Gasteiger partial charge in [-0.15, -0.1) is 5.10 Å². The Morgan fingerprint density at radius 3 is 2.27 bits per heavy atom. The van der Waals surface area contributed by atoms with Crippen LogP contribution in [0.2, 0.25) is 0 Å². The van der Waals surface area contributed by atoms with E-state index in [-0.39, 0.29) is 31.0 Å². The van der Waals surface area contributed by atoms with Gasteiger partial charge in [0.15, 0.2) is 18.4 Å². The molecule has 0 unspecified atom stereocenters. The predicted molar refractivity (Wildman–Crippen MR) is 271 cm³/mol. The van der Waals surface area contributed by atoms with E-state index in [4.69, 9.17) is 44.1 Å². The van der Waals surface area contributed by atoms with Crippen molar-refractivity contribution < 1.29 is 73.1 Å². The second kappa shape index (κ2) is 25.8. The van der Waals surface area contributed by atoms with Crippen molar-refractivity contribution in [2.24, 2.45) is 28.6 Å². The summed E-state index contributed by atoms with van der Waals surface area (Å²) in [5.74, 6) is -2.98. The molecule has 20 atom stereocenters. The number of benzene rings is 1. The molecule has 1 aromatic carbocycles. The Bertz CT molecular complexity index is 2100. The van der Waals surface area contributed by atoms with E-state index in [0.29, 0.717) is 42.8 Å². The number of methoxy groups -OCH3 is 2. The summed E-state index contributed by atoms with van der Waals surface area (Å²) in [6, 6.07) is 4.74. The molecule has 0 radical (unpaired) electrons. The molecule has 0 bridgehead atoms. The van der Waals surface area contributed by atoms with Gasteiger partial charge in [-0.2, -0.15) is 0 Å². The van der Waals surface area contributed by atoms with Gasteiger partial charge in [-0.05, 0) is 93.3 Å². The number of alkyl halides is 1. The smallest absolute Gasteiger partial charge is 0.311 e. The predicted octanol–water partition coefficient (Wildman–Crippen LogP) is 3.10. The fourth-order valence-corrected chi connectivity index (χ4v) is 11.4. The summed E-state index contributed by atoms with van der Waals surface area (Å²) in [5.41, 5.74) is 2.81. The number of cyclic esters (lactones) is 1. The standard InChI is InChI=1S/C52H88FN7O14/c1-15-39-52(10,66)44(62)32(6)59(12)26-28(2)23-50(8,65)46(30(4)42(31(5)48(64)72-39)73-40-24-51(9,69-14)45(63)33(7)71-40)74-49-41(61)37(22-29(3)70-49)58(11)21-20-36-27-60(57-55-36)38(25-53)43(68-13)34-16-18-35(19-17-34)47(54)56-67/h16-19,27-33,37-46,49,61-63,65-67H,15,20-26H2,1-14H3,(H2,54,56)/t28-,29-,30+,31-,32-,33+,37+,38-,39-,40+,41-,42+,43-,44-,45+,46-,49+,50-,51-,52-/m1/s1. The minimum atomic E-state index is -1.86. The van der Waals surface area contributed by atoms with Crippen LogP contribution in [0, 0.1) is 17.8 Å². The third-order valence-corrected chi connectivity index (χ3v) is 16.1. The van der Waals surface area contributed by atoms with E-state index in [1.54, 1.807) is 78.9 Å². The topological polar surface area (TPSA) is 279 Å². The quantitative estimate of drug-likeness (QED) is 0.0418. The third kappa shape index (κ3) is 14.0. The second-order valence-electron chi connectivity index (χ2n) is 22.1. The average molecular weight is 1050 g/mol. The zero-order valence-electron chi connectivity index (χ0n) is 45.9. The molecule has 3 aliphatic heterocycles. The number of aliphatic hydroxyl groups is 5. The van der Waals surface area contributed by atoms with Gasteiger partial charge in [0.25, 0.3) is 0 Å². The molecule has 74 heavy (non-hydrogen) atoms. The van der Waals surface area contributed by atoms with E-state index in [2.05, 4.69) is 15.5 Å². The van der Waals surface area contributed by atoms with Gasteiger partial charge in [0, 0.05) is 69.9 Å². The van der Waals surface area contributed by atoms with Crippen molar-refractivity contribution in [1.29, 1.82) is 0 Å². The lowest BCUT2D eigenvalue weighted by atomic mass is 9.77. The Hall–Kier alpha value is -3.49. The SMILES string of the molecule is CC[C@H]1OC(=O)[C@H](C)[C@@H](O[C@H]2C[C@@](C)(OC)[C@@H](O)[C@H](C)O2)[C@H](C)[C@@H](O[C@@H]2O[C@H](C)C[C@H](N(C)CCc3cn([C@H](CF)[C@H](OC)c4ccc(/C(N)=N/O)cc4)nn3)[C@H]2O)[C@](C)(O)C[C@@H](C)CN(C)[C@H](C)[C@@H](O)[C@]1(C)O. The Morgan fingerprint density at radius 1 is 1.01 bits per heavy atom. The van der Waals surface area contributed by atoms with E-state index in [1.807, 2.05) is 37.7 Å². The molecule has 0 saturated carbocycles. The van der Waals surface area contributed by atoms with Gasteiger partial charge >= 0.3 is 5.97 Å². The molecule has 1 aromatic heterocycles. The van der Waals surface area contributed by atoms with Crippen LogP contribution in [-0.4, -0.2) is 206 Å². The first-order valence-electron chi connectivity index (χ1n) is 26.0. The summed E-state index contributed by atoms with van der Waals surface area (Å²) in [6.45, 7) is 17.3. The number of likely N-dealkylation sites (N-methyl/N-ethyl adjacent to an activating group) is 2. The number of carbonyl (C=O) groups is 1. The Kier molecular flexibility index (Phi) is 21.4. The zero-order valence-corrected chi connectivity index (χ0v) is 45.9. The van der Waals surface area contributed by atoms with Crippen LogP contribution in [0.25, 0.3) is 0 Å². The average Bonchev–Trinajstić information content (AvgIpc) is 3.84. The van der Waals surface area contributed by atoms with Gasteiger partial charge in [-0.25, -0.2) is 9.07 Å². The van der Waals surface area contributed by atoms with Crippen LogP contribution < -0.4 is 5.73 Å². The fourth-order valence-electron chi connectivity index (χ4n) is 11.4. The highest BCUT2D eigenvalue weighted by molar-refractivity contribution is 5.97. The Labute approximate surface area is 436 Å². The van der Waals surface area contributed by atoms with Crippen molar-refractivity contribution >= 4 is 11.8 Å². The molecule has 21 nitrogen and oxygen atoms in total. The molecule has 3 fully saturated rings. The second-order valence-corrected chi connectivity index (χ2v) is 22.1. The zero-order chi connectivity index (χ0) is 55.2. The number of hydrogen-bond acceptors (Lipinski definition) is 19. The molecule has 422 valence electrons. The van der Waals surface area contributed by atoms with Crippen molar-refractivity contribution in [3.05, 3.63) is 47.3 Å². The highest BCUT2D eigenvalue weighted by Gasteiger charge is 2.53. The minimum Gasteiger partial charge on any atom is -0.459 e. The molecular formula is C52H88FN7O14. The summed E-state index contributed by atoms with van der Waals surface area (Å²) in [4.78, 5) is 18.4. The molecule has 2 aromatic rings. The van der Waals surface area contributed by atoms with Crippen molar-refractivity contribution in [3.63, 3.8) is 0 Å². The number of nitrogens with two attached hydrogens (primary N) is 1. The lowest BCUT2D eigenvalue weighted by Crippen LogP contribution is -2.61. The number of amidine groups is 1. The summed E-state index contributed by atoms with van der Waals surface area (Å²) in [7, 11) is 6.65. The normalized spacial score (nSPS) is 39.5. The Morgan fingerprint density at radius 2 is 1.68 bits per heavy atom.